The molecule has 3 unspecified atom stereocenters. The summed E-state index contributed by atoms with van der Waals surface area (Å²) in [5, 5.41) is 11.7. The summed E-state index contributed by atoms with van der Waals surface area (Å²) in [6, 6.07) is -0.549. The lowest BCUT2D eigenvalue weighted by molar-refractivity contribution is -0.143. The number of rotatable bonds is 8. The highest BCUT2D eigenvalue weighted by atomic mass is 16.4. The Morgan fingerprint density at radius 3 is 2.39 bits per heavy atom. The molecular formula is C13H24N2O3. The van der Waals surface area contributed by atoms with Crippen molar-refractivity contribution < 1.29 is 14.7 Å². The van der Waals surface area contributed by atoms with Crippen LogP contribution in [0.25, 0.3) is 0 Å². The number of carboxylic acids is 1. The molecule has 0 spiro atoms. The van der Waals surface area contributed by atoms with Crippen molar-refractivity contribution in [3.05, 3.63) is 0 Å². The van der Waals surface area contributed by atoms with E-state index in [2.05, 4.69) is 5.32 Å². The molecule has 0 bridgehead atoms. The minimum absolute atomic E-state index is 0.128. The molecule has 1 aliphatic carbocycles. The molecule has 104 valence electrons. The fraction of sp³-hybridized carbons (Fsp3) is 0.846. The lowest BCUT2D eigenvalue weighted by atomic mass is 10.0. The number of nitrogens with two attached hydrogens (primary N) is 1. The lowest BCUT2D eigenvalue weighted by Gasteiger charge is -2.17. The van der Waals surface area contributed by atoms with Gasteiger partial charge in [0.2, 0.25) is 5.91 Å². The molecule has 0 radical (unpaired) electrons. The maximum Gasteiger partial charge on any atom is 0.326 e. The molecule has 0 aliphatic heterocycles. The van der Waals surface area contributed by atoms with Gasteiger partial charge in [0.05, 0.1) is 0 Å². The van der Waals surface area contributed by atoms with Gasteiger partial charge >= 0.3 is 5.97 Å². The third-order valence-corrected chi connectivity index (χ3v) is 3.40. The molecule has 1 saturated carbocycles. The fourth-order valence-corrected chi connectivity index (χ4v) is 1.98. The predicted molar refractivity (Wildman–Crippen MR) is 69.0 cm³/mol. The van der Waals surface area contributed by atoms with Gasteiger partial charge in [0.15, 0.2) is 0 Å². The quantitative estimate of drug-likeness (QED) is 0.606. The summed E-state index contributed by atoms with van der Waals surface area (Å²) in [5.74, 6) is -1.10. The molecule has 18 heavy (non-hydrogen) atoms. The van der Waals surface area contributed by atoms with Crippen LogP contribution in [0.4, 0.5) is 0 Å². The SMILES string of the molecule is CC(N)CCCC(C)C(=O)NC(C(=O)O)C1CC1. The van der Waals surface area contributed by atoms with Crippen molar-refractivity contribution >= 4 is 11.9 Å². The molecule has 1 fully saturated rings. The van der Waals surface area contributed by atoms with Gasteiger partial charge in [0.25, 0.3) is 0 Å². The monoisotopic (exact) mass is 256 g/mol. The standard InChI is InChI=1S/C13H24N2O3/c1-8(4-3-5-9(2)14)12(16)15-11(13(17)18)10-6-7-10/h8-11H,3-7,14H2,1-2H3,(H,15,16)(H,17,18). The van der Waals surface area contributed by atoms with E-state index in [-0.39, 0.29) is 23.8 Å². The van der Waals surface area contributed by atoms with Crippen LogP contribution in [-0.4, -0.2) is 29.1 Å². The van der Waals surface area contributed by atoms with Gasteiger partial charge in [-0.3, -0.25) is 4.79 Å². The normalized spacial score (nSPS) is 19.9. The van der Waals surface area contributed by atoms with Gasteiger partial charge < -0.3 is 16.2 Å². The van der Waals surface area contributed by atoms with Crippen molar-refractivity contribution in [2.45, 2.75) is 58.0 Å². The average molecular weight is 256 g/mol. The summed E-state index contributed by atoms with van der Waals surface area (Å²) in [4.78, 5) is 22.9. The van der Waals surface area contributed by atoms with E-state index < -0.39 is 12.0 Å². The van der Waals surface area contributed by atoms with E-state index in [1.807, 2.05) is 13.8 Å². The van der Waals surface area contributed by atoms with E-state index in [0.29, 0.717) is 0 Å². The van der Waals surface area contributed by atoms with E-state index in [1.54, 1.807) is 0 Å². The topological polar surface area (TPSA) is 92.4 Å². The Balaban J connectivity index is 2.31. The van der Waals surface area contributed by atoms with Gasteiger partial charge in [0, 0.05) is 12.0 Å². The van der Waals surface area contributed by atoms with E-state index in [4.69, 9.17) is 10.8 Å². The minimum Gasteiger partial charge on any atom is -0.480 e. The first-order valence-electron chi connectivity index (χ1n) is 6.70. The van der Waals surface area contributed by atoms with Crippen molar-refractivity contribution in [3.63, 3.8) is 0 Å². The number of hydrogen-bond acceptors (Lipinski definition) is 3. The van der Waals surface area contributed by atoms with E-state index in [1.165, 1.54) is 0 Å². The average Bonchev–Trinajstić information content (AvgIpc) is 3.08. The van der Waals surface area contributed by atoms with Gasteiger partial charge in [-0.2, -0.15) is 0 Å². The summed E-state index contributed by atoms with van der Waals surface area (Å²) in [6.07, 6.45) is 4.34. The third kappa shape index (κ3) is 5.04. The highest BCUT2D eigenvalue weighted by molar-refractivity contribution is 5.85. The summed E-state index contributed by atoms with van der Waals surface area (Å²) < 4.78 is 0. The molecule has 0 aromatic carbocycles. The first-order valence-corrected chi connectivity index (χ1v) is 6.70. The molecular weight excluding hydrogens is 232 g/mol. The number of hydrogen-bond donors (Lipinski definition) is 3. The van der Waals surface area contributed by atoms with Crippen LogP contribution in [0.15, 0.2) is 0 Å². The zero-order valence-corrected chi connectivity index (χ0v) is 11.2. The van der Waals surface area contributed by atoms with Crippen LogP contribution >= 0.6 is 0 Å². The van der Waals surface area contributed by atoms with Crippen LogP contribution in [-0.2, 0) is 9.59 Å². The van der Waals surface area contributed by atoms with Crippen molar-refractivity contribution in [2.24, 2.45) is 17.6 Å². The minimum atomic E-state index is -0.923. The summed E-state index contributed by atoms with van der Waals surface area (Å²) in [5.41, 5.74) is 5.64. The number of carboxylic acid groups (broad SMARTS) is 1. The molecule has 1 amide bonds. The van der Waals surface area contributed by atoms with Gasteiger partial charge in [-0.15, -0.1) is 0 Å². The second-order valence-corrected chi connectivity index (χ2v) is 5.47. The molecule has 5 nitrogen and oxygen atoms in total. The Bertz CT molecular complexity index is 301. The largest absolute Gasteiger partial charge is 0.480 e. The molecule has 0 saturated heterocycles. The number of carbonyl (C=O) groups excluding carboxylic acids is 1. The van der Waals surface area contributed by atoms with Crippen LogP contribution in [0.1, 0.15) is 46.0 Å². The molecule has 0 heterocycles. The second-order valence-electron chi connectivity index (χ2n) is 5.47. The van der Waals surface area contributed by atoms with Crippen molar-refractivity contribution in [3.8, 4) is 0 Å². The van der Waals surface area contributed by atoms with Gasteiger partial charge in [0.1, 0.15) is 6.04 Å². The molecule has 1 rings (SSSR count). The first-order chi connectivity index (χ1) is 8.41. The van der Waals surface area contributed by atoms with Crippen LogP contribution in [0.5, 0.6) is 0 Å². The number of amides is 1. The maximum absolute atomic E-state index is 11.9. The maximum atomic E-state index is 11.9. The first kappa shape index (κ1) is 15.0. The van der Waals surface area contributed by atoms with Crippen molar-refractivity contribution in [1.82, 2.24) is 5.32 Å². The Kier molecular flexibility index (Phi) is 5.59. The Morgan fingerprint density at radius 1 is 1.33 bits per heavy atom. The molecule has 4 N–H and O–H groups in total. The van der Waals surface area contributed by atoms with Crippen LogP contribution < -0.4 is 11.1 Å². The van der Waals surface area contributed by atoms with E-state index in [0.717, 1.165) is 32.1 Å². The Morgan fingerprint density at radius 2 is 1.94 bits per heavy atom. The zero-order chi connectivity index (χ0) is 13.7. The molecule has 0 aromatic rings. The number of carbonyl (C=O) groups is 2. The summed E-state index contributed by atoms with van der Waals surface area (Å²) in [7, 11) is 0. The van der Waals surface area contributed by atoms with Gasteiger partial charge in [-0.1, -0.05) is 13.3 Å². The van der Waals surface area contributed by atoms with Crippen LogP contribution in [0, 0.1) is 11.8 Å². The van der Waals surface area contributed by atoms with Crippen molar-refractivity contribution in [2.75, 3.05) is 0 Å². The summed E-state index contributed by atoms with van der Waals surface area (Å²) >= 11 is 0. The molecule has 5 heteroatoms. The summed E-state index contributed by atoms with van der Waals surface area (Å²) in [6.45, 7) is 3.78. The Labute approximate surface area is 108 Å². The smallest absolute Gasteiger partial charge is 0.326 e. The Hall–Kier alpha value is -1.10. The molecule has 3 atom stereocenters. The number of nitrogens with one attached hydrogen (secondary N) is 1. The van der Waals surface area contributed by atoms with Gasteiger partial charge in [-0.25, -0.2) is 4.79 Å². The van der Waals surface area contributed by atoms with Crippen LogP contribution in [0.2, 0.25) is 0 Å². The molecule has 1 aliphatic rings. The molecule has 0 aromatic heterocycles. The highest BCUT2D eigenvalue weighted by Crippen LogP contribution is 2.32. The van der Waals surface area contributed by atoms with Gasteiger partial charge in [-0.05, 0) is 38.5 Å². The second kappa shape index (κ2) is 6.73. The predicted octanol–water partition coefficient (Wildman–Crippen LogP) is 1.12. The van der Waals surface area contributed by atoms with Crippen LogP contribution in [0.3, 0.4) is 0 Å². The zero-order valence-electron chi connectivity index (χ0n) is 11.2. The lowest BCUT2D eigenvalue weighted by Crippen LogP contribution is -2.44. The third-order valence-electron chi connectivity index (χ3n) is 3.40. The van der Waals surface area contributed by atoms with E-state index >= 15 is 0 Å². The van der Waals surface area contributed by atoms with E-state index in [9.17, 15) is 9.59 Å². The fourth-order valence-electron chi connectivity index (χ4n) is 1.98. The number of aliphatic carboxylic acids is 1. The highest BCUT2D eigenvalue weighted by Gasteiger charge is 2.37. The van der Waals surface area contributed by atoms with Crippen molar-refractivity contribution in [1.29, 1.82) is 0 Å².